The van der Waals surface area contributed by atoms with Gasteiger partial charge in [0, 0.05) is 44.8 Å². The Morgan fingerprint density at radius 3 is 2.59 bits per heavy atom. The first kappa shape index (κ1) is 31.0. The number of aromatic nitrogens is 1. The number of nitriles is 2. The number of azo groups is 2. The first-order valence-electron chi connectivity index (χ1n) is 12.4. The van der Waals surface area contributed by atoms with Crippen molar-refractivity contribution in [2.45, 2.75) is 13.3 Å². The van der Waals surface area contributed by atoms with Crippen LogP contribution in [-0.2, 0) is 14.6 Å². The van der Waals surface area contributed by atoms with E-state index in [1.165, 1.54) is 0 Å². The molecule has 0 radical (unpaired) electrons. The first-order valence-corrected chi connectivity index (χ1v) is 14.9. The Bertz CT molecular complexity index is 1620. The van der Waals surface area contributed by atoms with Crippen LogP contribution in [0.25, 0.3) is 0 Å². The van der Waals surface area contributed by atoms with Crippen LogP contribution in [-0.4, -0.2) is 53.0 Å². The van der Waals surface area contributed by atoms with Gasteiger partial charge in [0.25, 0.3) is 0 Å². The Balaban J connectivity index is 2.00. The summed E-state index contributed by atoms with van der Waals surface area (Å²) in [5.74, 6) is 0.472. The summed E-state index contributed by atoms with van der Waals surface area (Å²) in [5, 5.41) is 41.7. The predicted molar refractivity (Wildman–Crippen MR) is 160 cm³/mol. The number of benzene rings is 1. The highest BCUT2D eigenvalue weighted by Gasteiger charge is 2.21. The Morgan fingerprint density at radius 1 is 1.17 bits per heavy atom. The Kier molecular flexibility index (Phi) is 11.2. The zero-order valence-electron chi connectivity index (χ0n) is 22.9. The average molecular weight is 592 g/mol. The lowest BCUT2D eigenvalue weighted by atomic mass is 10.1. The molecule has 0 aliphatic heterocycles. The summed E-state index contributed by atoms with van der Waals surface area (Å²) in [5.41, 5.74) is 1.99. The predicted octanol–water partition coefficient (Wildman–Crippen LogP) is 6.47. The molecular formula is C27H29N9O3S2. The number of anilines is 2. The molecular weight excluding hydrogens is 562 g/mol. The molecule has 1 N–H and O–H groups in total. The largest absolute Gasteiger partial charge is 0.385 e. The van der Waals surface area contributed by atoms with E-state index in [-0.39, 0.29) is 23.4 Å². The molecule has 0 atom stereocenters. The van der Waals surface area contributed by atoms with E-state index < -0.39 is 9.84 Å². The highest BCUT2D eigenvalue weighted by Crippen LogP contribution is 2.40. The van der Waals surface area contributed by atoms with Crippen LogP contribution in [0.15, 0.2) is 68.8 Å². The van der Waals surface area contributed by atoms with Crippen LogP contribution in [0.1, 0.15) is 23.1 Å². The molecule has 2 aromatic heterocycles. The third-order valence-corrected chi connectivity index (χ3v) is 7.90. The smallest absolute Gasteiger partial charge is 0.172 e. The molecule has 0 saturated heterocycles. The summed E-state index contributed by atoms with van der Waals surface area (Å²) in [7, 11) is -0.179. The van der Waals surface area contributed by atoms with E-state index in [9.17, 15) is 18.9 Å². The Hall–Kier alpha value is -4.50. The molecule has 3 rings (SSSR count). The van der Waals surface area contributed by atoms with Gasteiger partial charge in [-0.25, -0.2) is 13.4 Å². The molecule has 0 aliphatic rings. The summed E-state index contributed by atoms with van der Waals surface area (Å²) in [4.78, 5) is 6.24. The number of ether oxygens (including phenoxy) is 1. The number of nitrogens with one attached hydrogen (secondary N) is 1. The molecule has 12 nitrogen and oxygen atoms in total. The van der Waals surface area contributed by atoms with Crippen molar-refractivity contribution in [3.8, 4) is 12.1 Å². The van der Waals surface area contributed by atoms with Crippen LogP contribution in [0.5, 0.6) is 0 Å². The van der Waals surface area contributed by atoms with E-state index in [0.717, 1.165) is 16.7 Å². The van der Waals surface area contributed by atoms with Crippen LogP contribution in [0, 0.1) is 29.6 Å². The number of sulfone groups is 1. The molecule has 41 heavy (non-hydrogen) atoms. The van der Waals surface area contributed by atoms with E-state index in [0.29, 0.717) is 58.1 Å². The second-order valence-corrected chi connectivity index (χ2v) is 11.7. The summed E-state index contributed by atoms with van der Waals surface area (Å²) < 4.78 is 29.0. The molecule has 0 unspecified atom stereocenters. The van der Waals surface area contributed by atoms with Crippen LogP contribution in [0.4, 0.5) is 33.0 Å². The van der Waals surface area contributed by atoms with Crippen molar-refractivity contribution in [2.24, 2.45) is 20.5 Å². The maximum atomic E-state index is 12.0. The van der Waals surface area contributed by atoms with Crippen molar-refractivity contribution in [3.63, 3.8) is 0 Å². The second kappa shape index (κ2) is 14.8. The van der Waals surface area contributed by atoms with Gasteiger partial charge in [0.15, 0.2) is 20.7 Å². The minimum atomic E-state index is -3.45. The molecule has 3 aromatic rings. The summed E-state index contributed by atoms with van der Waals surface area (Å²) in [6.07, 6.45) is 0.676. The zero-order chi connectivity index (χ0) is 29.8. The van der Waals surface area contributed by atoms with E-state index in [4.69, 9.17) is 4.74 Å². The first-order chi connectivity index (χ1) is 19.7. The third kappa shape index (κ3) is 8.49. The van der Waals surface area contributed by atoms with Crippen LogP contribution >= 0.6 is 11.3 Å². The van der Waals surface area contributed by atoms with Gasteiger partial charge in [-0.1, -0.05) is 36.1 Å². The van der Waals surface area contributed by atoms with Gasteiger partial charge in [-0.15, -0.1) is 20.5 Å². The number of pyridine rings is 1. The van der Waals surface area contributed by atoms with Crippen molar-refractivity contribution in [1.82, 2.24) is 4.98 Å². The molecule has 0 spiro atoms. The Labute approximate surface area is 243 Å². The molecule has 14 heteroatoms. The summed E-state index contributed by atoms with van der Waals surface area (Å²) in [6.45, 7) is 6.17. The lowest BCUT2D eigenvalue weighted by Crippen LogP contribution is -2.26. The van der Waals surface area contributed by atoms with Crippen molar-refractivity contribution in [1.29, 1.82) is 10.5 Å². The van der Waals surface area contributed by atoms with Crippen LogP contribution in [0.3, 0.4) is 0 Å². The normalized spacial score (nSPS) is 11.4. The maximum Gasteiger partial charge on any atom is 0.172 e. The lowest BCUT2D eigenvalue weighted by Gasteiger charge is -2.22. The van der Waals surface area contributed by atoms with Gasteiger partial charge >= 0.3 is 0 Å². The standard InChI is InChI=1S/C27H29N9O3S2/c1-5-41(37,38)15-13-36(3)26-22(18-29)19(2)24(25(31-26)30-12-9-14-39-4)34-35-27-20(17-28)16-23(40-27)33-32-21-10-7-6-8-11-21/h5-8,10-11,16H,1,9,12-15H2,2-4H3,(H,30,31). The average Bonchev–Trinajstić information content (AvgIpc) is 3.39. The molecule has 0 saturated carbocycles. The van der Waals surface area contributed by atoms with Gasteiger partial charge in [-0.3, -0.25) is 0 Å². The number of nitrogens with zero attached hydrogens (tertiary/aromatic N) is 8. The van der Waals surface area contributed by atoms with E-state index in [2.05, 4.69) is 49.5 Å². The minimum Gasteiger partial charge on any atom is -0.385 e. The van der Waals surface area contributed by atoms with E-state index >= 15 is 0 Å². The van der Waals surface area contributed by atoms with Crippen molar-refractivity contribution >= 4 is 54.2 Å². The number of hydrogen-bond acceptors (Lipinski definition) is 13. The summed E-state index contributed by atoms with van der Waals surface area (Å²) >= 11 is 1.15. The second-order valence-electron chi connectivity index (χ2n) is 8.62. The number of rotatable bonds is 14. The maximum absolute atomic E-state index is 12.0. The van der Waals surface area contributed by atoms with Gasteiger partial charge in [0.05, 0.1) is 22.6 Å². The topological polar surface area (TPSA) is 169 Å². The Morgan fingerprint density at radius 2 is 1.93 bits per heavy atom. The monoisotopic (exact) mass is 591 g/mol. The molecule has 0 bridgehead atoms. The fraction of sp³-hybridized carbons (Fsp3) is 0.296. The quantitative estimate of drug-likeness (QED) is 0.164. The number of hydrogen-bond donors (Lipinski definition) is 1. The van der Waals surface area contributed by atoms with E-state index in [1.54, 1.807) is 32.0 Å². The summed E-state index contributed by atoms with van der Waals surface area (Å²) in [6, 6.07) is 15.0. The molecule has 0 aliphatic carbocycles. The minimum absolute atomic E-state index is 0.0977. The lowest BCUT2D eigenvalue weighted by molar-refractivity contribution is 0.198. The molecule has 0 fully saturated rings. The highest BCUT2D eigenvalue weighted by molar-refractivity contribution is 7.94. The van der Waals surface area contributed by atoms with Crippen molar-refractivity contribution in [3.05, 3.63) is 65.1 Å². The van der Waals surface area contributed by atoms with E-state index in [1.807, 2.05) is 30.3 Å². The SMILES string of the molecule is C=CS(=O)(=O)CCN(C)c1nc(NCCCOC)c(N=Nc2sc(N=Nc3ccccc3)cc2C#N)c(C)c1C#N. The molecule has 0 amide bonds. The van der Waals surface area contributed by atoms with Gasteiger partial charge < -0.3 is 15.0 Å². The fourth-order valence-corrected chi connectivity index (χ4v) is 4.93. The van der Waals surface area contributed by atoms with Crippen LogP contribution < -0.4 is 10.2 Å². The van der Waals surface area contributed by atoms with Gasteiger partial charge in [-0.2, -0.15) is 10.5 Å². The fourth-order valence-electron chi connectivity index (χ4n) is 3.48. The van der Waals surface area contributed by atoms with Gasteiger partial charge in [0.2, 0.25) is 0 Å². The van der Waals surface area contributed by atoms with Crippen molar-refractivity contribution < 1.29 is 13.2 Å². The molecule has 1 aromatic carbocycles. The third-order valence-electron chi connectivity index (χ3n) is 5.73. The van der Waals surface area contributed by atoms with Crippen molar-refractivity contribution in [2.75, 3.05) is 49.8 Å². The van der Waals surface area contributed by atoms with Gasteiger partial charge in [-0.05, 0) is 31.5 Å². The molecule has 212 valence electrons. The number of thiophene rings is 1. The number of methoxy groups -OCH3 is 1. The highest BCUT2D eigenvalue weighted by atomic mass is 32.2. The molecule has 2 heterocycles. The zero-order valence-corrected chi connectivity index (χ0v) is 24.5. The van der Waals surface area contributed by atoms with Gasteiger partial charge in [0.1, 0.15) is 28.6 Å². The van der Waals surface area contributed by atoms with Crippen LogP contribution in [0.2, 0.25) is 0 Å².